The van der Waals surface area contributed by atoms with Crippen molar-refractivity contribution in [3.63, 3.8) is 0 Å². The smallest absolute Gasteiger partial charge is 0.478 e. The number of unbranched alkanes of at least 4 members (excludes halogenated alkanes) is 2. The Morgan fingerprint density at radius 3 is 1.09 bits per heavy atom. The average Bonchev–Trinajstić information content (AvgIpc) is 3.14. The number of benzene rings is 2. The van der Waals surface area contributed by atoms with Crippen LogP contribution in [-0.2, 0) is 26.6 Å². The highest BCUT2D eigenvalue weighted by Crippen LogP contribution is 2.22. The van der Waals surface area contributed by atoms with Gasteiger partial charge >= 0.3 is 29.5 Å². The summed E-state index contributed by atoms with van der Waals surface area (Å²) in [4.78, 5) is 64.1. The molecule has 2 aromatic rings. The predicted octanol–water partition coefficient (Wildman–Crippen LogP) is 5.43. The van der Waals surface area contributed by atoms with Gasteiger partial charge in [-0.15, -0.1) is 0 Å². The van der Waals surface area contributed by atoms with E-state index in [-0.39, 0.29) is 46.5 Å². The molecule has 0 atom stereocenters. The minimum Gasteiger partial charge on any atom is -0.478 e. The number of aromatic carboxylic acids is 2. The largest absolute Gasteiger partial charge is 0.500 e. The lowest BCUT2D eigenvalue weighted by Crippen LogP contribution is -2.46. The fraction of sp³-hybridized carbons (Fsp3) is 0.541. The van der Waals surface area contributed by atoms with Gasteiger partial charge in [-0.05, 0) is 91.5 Å². The Kier molecular flexibility index (Phi) is 20.5. The number of amides is 2. The third-order valence-corrected chi connectivity index (χ3v) is 14.4. The van der Waals surface area contributed by atoms with Crippen LogP contribution in [0.5, 0.6) is 0 Å². The summed E-state index contributed by atoms with van der Waals surface area (Å²) in [6.07, 6.45) is 2.31. The van der Waals surface area contributed by atoms with Crippen molar-refractivity contribution in [1.29, 1.82) is 0 Å². The predicted molar refractivity (Wildman–Crippen MR) is 204 cm³/mol. The summed E-state index contributed by atoms with van der Waals surface area (Å²) in [6, 6.07) is 8.31. The van der Waals surface area contributed by atoms with E-state index in [0.717, 1.165) is 12.1 Å². The lowest BCUT2D eigenvalue weighted by Gasteiger charge is -2.28. The highest BCUT2D eigenvalue weighted by molar-refractivity contribution is 6.61. The van der Waals surface area contributed by atoms with Crippen LogP contribution in [0, 0.1) is 0 Å². The molecule has 0 aromatic heterocycles. The molecule has 0 unspecified atom stereocenters. The number of rotatable bonds is 28. The molecule has 0 fully saturated rings. The molecule has 15 nitrogen and oxygen atoms in total. The summed E-state index contributed by atoms with van der Waals surface area (Å²) in [6.45, 7) is 14.3. The molecular weight excluding hydrogens is 737 g/mol. The third-order valence-electron chi connectivity index (χ3n) is 8.09. The van der Waals surface area contributed by atoms with Crippen LogP contribution in [0.25, 0.3) is 0 Å². The zero-order valence-corrected chi connectivity index (χ0v) is 34.2. The standard InChI is InChI=1S/C37H56N2O13Si2/c1-7-47-53(48-8-2,49-9-3)23-15-13-21-38-34(41)31-25-27(17-19-29(31)36(43)44)33(40)28-18-20-30(37(45)46)32(26-28)35(42)39-22-14-16-24-54(50-10-4,51-11-5)52-12-6/h17-20,25-26H,7-16,21-24H2,1-6H3,(H,38,41)(H,39,42)(H,43,44)(H,45,46). The number of nitrogens with one attached hydrogen (secondary N) is 2. The first-order valence-electron chi connectivity index (χ1n) is 18.6. The first-order valence-corrected chi connectivity index (χ1v) is 22.4. The van der Waals surface area contributed by atoms with Crippen LogP contribution in [0.15, 0.2) is 36.4 Å². The summed E-state index contributed by atoms with van der Waals surface area (Å²) in [7, 11) is -5.71. The van der Waals surface area contributed by atoms with E-state index < -0.39 is 47.1 Å². The second kappa shape index (κ2) is 23.9. The lowest BCUT2D eigenvalue weighted by atomic mass is 9.95. The van der Waals surface area contributed by atoms with E-state index >= 15 is 0 Å². The SMILES string of the molecule is CCO[Si](CCCCNC(=O)c1cc(C(=O)c2ccc(C(=O)O)c(C(=O)NCCCC[Si](OCC)(OCC)OCC)c2)ccc1C(=O)O)(OCC)OCC. The first kappa shape index (κ1) is 46.3. The van der Waals surface area contributed by atoms with E-state index in [0.29, 0.717) is 77.4 Å². The van der Waals surface area contributed by atoms with Gasteiger partial charge in [-0.1, -0.05) is 12.1 Å². The van der Waals surface area contributed by atoms with Crippen molar-refractivity contribution in [2.24, 2.45) is 0 Å². The van der Waals surface area contributed by atoms with Gasteiger partial charge in [-0.2, -0.15) is 0 Å². The number of carboxylic acid groups (broad SMARTS) is 2. The van der Waals surface area contributed by atoms with Crippen LogP contribution < -0.4 is 10.6 Å². The van der Waals surface area contributed by atoms with Crippen LogP contribution in [0.1, 0.15) is 125 Å². The molecule has 4 N–H and O–H groups in total. The van der Waals surface area contributed by atoms with E-state index in [1.807, 2.05) is 41.5 Å². The zero-order valence-electron chi connectivity index (χ0n) is 32.2. The van der Waals surface area contributed by atoms with Crippen LogP contribution in [0.3, 0.4) is 0 Å². The topological polar surface area (TPSA) is 205 Å². The maximum atomic E-state index is 13.6. The molecule has 17 heteroatoms. The Hall–Kier alpha value is -3.82. The van der Waals surface area contributed by atoms with E-state index in [2.05, 4.69) is 10.6 Å². The molecule has 0 aliphatic heterocycles. The van der Waals surface area contributed by atoms with Crippen molar-refractivity contribution < 1.29 is 60.7 Å². The number of carbonyl (C=O) groups excluding carboxylic acids is 3. The third kappa shape index (κ3) is 13.8. The molecule has 0 saturated carbocycles. The monoisotopic (exact) mass is 792 g/mol. The second-order valence-electron chi connectivity index (χ2n) is 11.9. The van der Waals surface area contributed by atoms with Gasteiger partial charge in [0.1, 0.15) is 0 Å². The van der Waals surface area contributed by atoms with E-state index in [1.165, 1.54) is 24.3 Å². The van der Waals surface area contributed by atoms with Crippen molar-refractivity contribution in [3.8, 4) is 0 Å². The van der Waals surface area contributed by atoms with E-state index in [4.69, 9.17) is 26.6 Å². The molecule has 2 rings (SSSR count). The number of carboxylic acids is 2. The Morgan fingerprint density at radius 1 is 0.500 bits per heavy atom. The molecule has 0 saturated heterocycles. The van der Waals surface area contributed by atoms with Crippen LogP contribution in [0.2, 0.25) is 12.1 Å². The maximum Gasteiger partial charge on any atom is 0.500 e. The summed E-state index contributed by atoms with van der Waals surface area (Å²) in [5, 5.41) is 25.0. The second-order valence-corrected chi connectivity index (χ2v) is 17.3. The van der Waals surface area contributed by atoms with Gasteiger partial charge in [0.25, 0.3) is 11.8 Å². The summed E-state index contributed by atoms with van der Waals surface area (Å²) in [5.74, 6) is -4.72. The van der Waals surface area contributed by atoms with Crippen molar-refractivity contribution in [2.45, 2.75) is 79.3 Å². The Balaban J connectivity index is 2.19. The van der Waals surface area contributed by atoms with Crippen molar-refractivity contribution in [3.05, 3.63) is 69.8 Å². The Morgan fingerprint density at radius 2 is 0.815 bits per heavy atom. The lowest BCUT2D eigenvalue weighted by molar-refractivity contribution is 0.0682. The van der Waals surface area contributed by atoms with Crippen molar-refractivity contribution >= 4 is 47.1 Å². The van der Waals surface area contributed by atoms with Gasteiger partial charge in [-0.25, -0.2) is 9.59 Å². The van der Waals surface area contributed by atoms with E-state index in [9.17, 15) is 34.2 Å². The highest BCUT2D eigenvalue weighted by Gasteiger charge is 2.40. The van der Waals surface area contributed by atoms with Crippen molar-refractivity contribution in [1.82, 2.24) is 10.6 Å². The van der Waals surface area contributed by atoms with Crippen LogP contribution in [0.4, 0.5) is 0 Å². The maximum absolute atomic E-state index is 13.6. The average molecular weight is 793 g/mol. The molecule has 54 heavy (non-hydrogen) atoms. The van der Waals surface area contributed by atoms with Gasteiger partial charge in [0, 0.05) is 75.9 Å². The molecule has 0 spiro atoms. The molecule has 0 heterocycles. The molecular formula is C37H56N2O13Si2. The molecule has 0 radical (unpaired) electrons. The normalized spacial score (nSPS) is 11.7. The minimum absolute atomic E-state index is 0.0222. The Labute approximate surface area is 319 Å². The first-order chi connectivity index (χ1) is 25.9. The molecule has 0 aliphatic rings. The molecule has 0 aliphatic carbocycles. The molecule has 300 valence electrons. The molecule has 2 amide bonds. The van der Waals surface area contributed by atoms with Crippen LogP contribution >= 0.6 is 0 Å². The van der Waals surface area contributed by atoms with E-state index in [1.54, 1.807) is 0 Å². The van der Waals surface area contributed by atoms with Gasteiger partial charge < -0.3 is 47.4 Å². The van der Waals surface area contributed by atoms with Gasteiger partial charge in [0.2, 0.25) is 0 Å². The van der Waals surface area contributed by atoms with Gasteiger partial charge in [0.15, 0.2) is 5.78 Å². The number of hydrogen-bond acceptors (Lipinski definition) is 11. The quantitative estimate of drug-likeness (QED) is 0.0483. The van der Waals surface area contributed by atoms with Crippen LogP contribution in [-0.4, -0.2) is 110 Å². The number of hydrogen-bond donors (Lipinski definition) is 4. The summed E-state index contributed by atoms with van der Waals surface area (Å²) < 4.78 is 35.2. The van der Waals surface area contributed by atoms with Gasteiger partial charge in [0.05, 0.1) is 22.3 Å². The molecule has 2 aromatic carbocycles. The summed E-state index contributed by atoms with van der Waals surface area (Å²) >= 11 is 0. The van der Waals surface area contributed by atoms with Crippen molar-refractivity contribution in [2.75, 3.05) is 52.7 Å². The zero-order chi connectivity index (χ0) is 40.1. The number of ketones is 1. The fourth-order valence-corrected chi connectivity index (χ4v) is 11.2. The fourth-order valence-electron chi connectivity index (χ4n) is 5.82. The molecule has 0 bridgehead atoms. The highest BCUT2D eigenvalue weighted by atomic mass is 28.4. The van der Waals surface area contributed by atoms with Gasteiger partial charge in [-0.3, -0.25) is 14.4 Å². The minimum atomic E-state index is -2.86. The Bertz CT molecular complexity index is 1410. The summed E-state index contributed by atoms with van der Waals surface area (Å²) in [5.41, 5.74) is -1.09. The number of carbonyl (C=O) groups is 5.